The monoisotopic (exact) mass is 417 g/mol. The molecule has 0 aliphatic carbocycles. The lowest BCUT2D eigenvalue weighted by Crippen LogP contribution is -2.35. The Morgan fingerprint density at radius 2 is 1.93 bits per heavy atom. The Hall–Kier alpha value is -2.01. The van der Waals surface area contributed by atoms with Crippen LogP contribution in [0.2, 0.25) is 10.0 Å². The first-order valence-electron chi connectivity index (χ1n) is 9.25. The van der Waals surface area contributed by atoms with Gasteiger partial charge in [-0.25, -0.2) is 0 Å². The molecule has 4 nitrogen and oxygen atoms in total. The van der Waals surface area contributed by atoms with Crippen LogP contribution >= 0.6 is 23.2 Å². The summed E-state index contributed by atoms with van der Waals surface area (Å²) in [7, 11) is 0. The van der Waals surface area contributed by atoms with E-state index in [0.29, 0.717) is 39.6 Å². The Bertz CT molecular complexity index is 978. The third-order valence-electron chi connectivity index (χ3n) is 4.90. The van der Waals surface area contributed by atoms with Crippen molar-refractivity contribution in [2.75, 3.05) is 13.3 Å². The summed E-state index contributed by atoms with van der Waals surface area (Å²) in [4.78, 5) is 15.2. The van der Waals surface area contributed by atoms with E-state index in [1.165, 1.54) is 0 Å². The number of allylic oxidation sites excluding steroid dienone is 1. The molecule has 0 saturated heterocycles. The molecule has 2 heterocycles. The SMILES string of the molecule is Cc1c2c(cc3c1O/C(=C\c1c(Cl)cccc1Cl)C3=O)CN(CC(C)C)CO2. The number of benzene rings is 2. The number of halogens is 2. The molecule has 146 valence electrons. The molecule has 0 spiro atoms. The third kappa shape index (κ3) is 3.41. The van der Waals surface area contributed by atoms with E-state index in [4.69, 9.17) is 32.7 Å². The number of hydrogen-bond acceptors (Lipinski definition) is 4. The van der Waals surface area contributed by atoms with Gasteiger partial charge in [0.05, 0.1) is 5.56 Å². The number of carbonyl (C=O) groups is 1. The summed E-state index contributed by atoms with van der Waals surface area (Å²) in [6, 6.07) is 7.11. The van der Waals surface area contributed by atoms with Gasteiger partial charge in [0.25, 0.3) is 0 Å². The molecule has 2 aromatic carbocycles. The van der Waals surface area contributed by atoms with Crippen LogP contribution < -0.4 is 9.47 Å². The summed E-state index contributed by atoms with van der Waals surface area (Å²) in [6.07, 6.45) is 1.61. The number of fused-ring (bicyclic) bond motifs is 2. The average Bonchev–Trinajstić information content (AvgIpc) is 2.94. The zero-order valence-electron chi connectivity index (χ0n) is 16.0. The Morgan fingerprint density at radius 3 is 2.61 bits per heavy atom. The number of nitrogens with zero attached hydrogens (tertiary/aromatic N) is 1. The maximum absolute atomic E-state index is 13.0. The molecule has 0 unspecified atom stereocenters. The highest BCUT2D eigenvalue weighted by atomic mass is 35.5. The Kier molecular flexibility index (Phi) is 5.13. The maximum Gasteiger partial charge on any atom is 0.231 e. The van der Waals surface area contributed by atoms with Crippen molar-refractivity contribution >= 4 is 35.1 Å². The molecule has 0 aromatic heterocycles. The number of Topliss-reactive ketones (excluding diaryl/α,β-unsaturated/α-hetero) is 1. The quantitative estimate of drug-likeness (QED) is 0.597. The van der Waals surface area contributed by atoms with Gasteiger partial charge in [-0.3, -0.25) is 9.69 Å². The number of rotatable bonds is 3. The van der Waals surface area contributed by atoms with E-state index in [9.17, 15) is 4.79 Å². The topological polar surface area (TPSA) is 38.8 Å². The van der Waals surface area contributed by atoms with Gasteiger partial charge in [0.15, 0.2) is 5.76 Å². The molecule has 0 bridgehead atoms. The van der Waals surface area contributed by atoms with Crippen LogP contribution in [0.5, 0.6) is 11.5 Å². The standard InChI is InChI=1S/C22H21Cl2NO3/c1-12(2)9-25-10-14-7-16-20(26)19(8-15-17(23)5-4-6-18(15)24)28-22(16)13(3)21(14)27-11-25/h4-8,12H,9-11H2,1-3H3/b19-8-. The fraction of sp³-hybridized carbons (Fsp3) is 0.318. The molecule has 0 atom stereocenters. The van der Waals surface area contributed by atoms with Crippen LogP contribution in [0.4, 0.5) is 0 Å². The van der Waals surface area contributed by atoms with Crippen LogP contribution in [0.25, 0.3) is 6.08 Å². The van der Waals surface area contributed by atoms with E-state index in [1.807, 2.05) is 13.0 Å². The second kappa shape index (κ2) is 7.43. The first kappa shape index (κ1) is 19.3. The van der Waals surface area contributed by atoms with Crippen LogP contribution in [0.3, 0.4) is 0 Å². The highest BCUT2D eigenvalue weighted by molar-refractivity contribution is 6.37. The lowest BCUT2D eigenvalue weighted by Gasteiger charge is -2.31. The number of hydrogen-bond donors (Lipinski definition) is 0. The fourth-order valence-electron chi connectivity index (χ4n) is 3.71. The summed E-state index contributed by atoms with van der Waals surface area (Å²) in [5, 5.41) is 0.937. The zero-order chi connectivity index (χ0) is 20.0. The summed E-state index contributed by atoms with van der Waals surface area (Å²) in [6.45, 7) is 8.51. The van der Waals surface area contributed by atoms with Gasteiger partial charge in [0.2, 0.25) is 5.78 Å². The van der Waals surface area contributed by atoms with Crippen molar-refractivity contribution < 1.29 is 14.3 Å². The molecule has 0 N–H and O–H groups in total. The third-order valence-corrected chi connectivity index (χ3v) is 5.56. The van der Waals surface area contributed by atoms with Crippen LogP contribution in [0, 0.1) is 12.8 Å². The van der Waals surface area contributed by atoms with Crippen molar-refractivity contribution in [2.45, 2.75) is 27.3 Å². The lowest BCUT2D eigenvalue weighted by atomic mass is 9.99. The highest BCUT2D eigenvalue weighted by Crippen LogP contribution is 2.43. The first-order valence-corrected chi connectivity index (χ1v) is 10.0. The van der Waals surface area contributed by atoms with Crippen molar-refractivity contribution in [3.05, 3.63) is 62.3 Å². The van der Waals surface area contributed by atoms with Gasteiger partial charge in [0, 0.05) is 39.8 Å². The summed E-state index contributed by atoms with van der Waals surface area (Å²) in [5.41, 5.74) is 2.99. The van der Waals surface area contributed by atoms with Gasteiger partial charge in [-0.15, -0.1) is 0 Å². The van der Waals surface area contributed by atoms with Gasteiger partial charge in [-0.2, -0.15) is 0 Å². The predicted octanol–water partition coefficient (Wildman–Crippen LogP) is 5.73. The average molecular weight is 418 g/mol. The summed E-state index contributed by atoms with van der Waals surface area (Å²) < 4.78 is 11.9. The van der Waals surface area contributed by atoms with E-state index >= 15 is 0 Å². The van der Waals surface area contributed by atoms with E-state index in [0.717, 1.165) is 30.0 Å². The second-order valence-electron chi connectivity index (χ2n) is 7.62. The zero-order valence-corrected chi connectivity index (χ0v) is 17.5. The van der Waals surface area contributed by atoms with Crippen LogP contribution in [-0.2, 0) is 6.54 Å². The molecule has 2 aliphatic heterocycles. The molecule has 2 aromatic rings. The minimum Gasteiger partial charge on any atom is -0.477 e. The predicted molar refractivity (Wildman–Crippen MR) is 111 cm³/mol. The first-order chi connectivity index (χ1) is 13.3. The molecule has 0 saturated carbocycles. The second-order valence-corrected chi connectivity index (χ2v) is 8.43. The lowest BCUT2D eigenvalue weighted by molar-refractivity contribution is 0.0835. The minimum atomic E-state index is -0.169. The van der Waals surface area contributed by atoms with Crippen molar-refractivity contribution in [3.8, 4) is 11.5 Å². The number of carbonyl (C=O) groups excluding carboxylic acids is 1. The molecule has 28 heavy (non-hydrogen) atoms. The van der Waals surface area contributed by atoms with E-state index in [-0.39, 0.29) is 11.5 Å². The van der Waals surface area contributed by atoms with Gasteiger partial charge in [0.1, 0.15) is 18.2 Å². The van der Waals surface area contributed by atoms with Crippen LogP contribution in [-0.4, -0.2) is 24.0 Å². The molecule has 0 radical (unpaired) electrons. The number of ether oxygens (including phenoxy) is 2. The minimum absolute atomic E-state index is 0.169. The van der Waals surface area contributed by atoms with Gasteiger partial charge in [-0.1, -0.05) is 43.1 Å². The Morgan fingerprint density at radius 1 is 1.21 bits per heavy atom. The normalized spacial score (nSPS) is 17.5. The van der Waals surface area contributed by atoms with Crippen molar-refractivity contribution in [1.29, 1.82) is 0 Å². The molecule has 0 fully saturated rings. The molecule has 2 aliphatic rings. The number of ketones is 1. The van der Waals surface area contributed by atoms with Crippen molar-refractivity contribution in [1.82, 2.24) is 4.90 Å². The van der Waals surface area contributed by atoms with E-state index in [2.05, 4.69) is 18.7 Å². The van der Waals surface area contributed by atoms with Gasteiger partial charge in [-0.05, 0) is 37.1 Å². The molecule has 6 heteroatoms. The Labute approximate surface area is 174 Å². The van der Waals surface area contributed by atoms with E-state index < -0.39 is 0 Å². The molecular weight excluding hydrogens is 397 g/mol. The van der Waals surface area contributed by atoms with Crippen LogP contribution in [0.1, 0.15) is 40.9 Å². The summed E-state index contributed by atoms with van der Waals surface area (Å²) >= 11 is 12.5. The fourth-order valence-corrected chi connectivity index (χ4v) is 4.22. The van der Waals surface area contributed by atoms with Crippen molar-refractivity contribution in [3.63, 3.8) is 0 Å². The Balaban J connectivity index is 1.70. The largest absolute Gasteiger partial charge is 0.477 e. The van der Waals surface area contributed by atoms with E-state index in [1.54, 1.807) is 24.3 Å². The summed E-state index contributed by atoms with van der Waals surface area (Å²) in [5.74, 6) is 1.95. The smallest absolute Gasteiger partial charge is 0.231 e. The molecular formula is C22H21Cl2NO3. The van der Waals surface area contributed by atoms with Crippen LogP contribution in [0.15, 0.2) is 30.0 Å². The molecule has 0 amide bonds. The van der Waals surface area contributed by atoms with Gasteiger partial charge < -0.3 is 9.47 Å². The highest BCUT2D eigenvalue weighted by Gasteiger charge is 2.33. The maximum atomic E-state index is 13.0. The molecule has 4 rings (SSSR count). The van der Waals surface area contributed by atoms with Gasteiger partial charge >= 0.3 is 0 Å². The van der Waals surface area contributed by atoms with Crippen molar-refractivity contribution in [2.24, 2.45) is 5.92 Å².